The van der Waals surface area contributed by atoms with E-state index in [1.807, 2.05) is 7.05 Å². The minimum atomic E-state index is 0.577. The number of rotatable bonds is 3. The van der Waals surface area contributed by atoms with E-state index in [1.54, 1.807) is 0 Å². The van der Waals surface area contributed by atoms with Gasteiger partial charge in [-0.25, -0.2) is 0 Å². The molecule has 1 fully saturated rings. The number of benzene rings is 1. The third-order valence-corrected chi connectivity index (χ3v) is 4.08. The van der Waals surface area contributed by atoms with Gasteiger partial charge in [-0.15, -0.1) is 0 Å². The number of nitrogens with zero attached hydrogens (tertiary/aromatic N) is 2. The first-order valence-electron chi connectivity index (χ1n) is 6.89. The highest BCUT2D eigenvalue weighted by Gasteiger charge is 2.26. The fourth-order valence-electron chi connectivity index (χ4n) is 2.70. The Kier molecular flexibility index (Phi) is 4.61. The Morgan fingerprint density at radius 1 is 1.28 bits per heavy atom. The molecule has 0 amide bonds. The normalized spacial score (nSPS) is 26.1. The van der Waals surface area contributed by atoms with E-state index in [9.17, 15) is 0 Å². The van der Waals surface area contributed by atoms with Crippen LogP contribution in [-0.4, -0.2) is 50.7 Å². The molecule has 2 rings (SSSR count). The zero-order valence-electron chi connectivity index (χ0n) is 11.8. The van der Waals surface area contributed by atoms with Crippen LogP contribution in [0.15, 0.2) is 30.3 Å². The van der Waals surface area contributed by atoms with E-state index in [0.29, 0.717) is 12.1 Å². The molecular formula is C15H25N3. The van der Waals surface area contributed by atoms with Crippen molar-refractivity contribution >= 4 is 5.69 Å². The van der Waals surface area contributed by atoms with Gasteiger partial charge in [-0.05, 0) is 39.6 Å². The largest absolute Gasteiger partial charge is 0.370 e. The fraction of sp³-hybridized carbons (Fsp3) is 0.600. The monoisotopic (exact) mass is 247 g/mol. The Labute approximate surface area is 111 Å². The number of likely N-dealkylation sites (N-methyl/N-ethyl adjacent to an activating group) is 2. The van der Waals surface area contributed by atoms with Gasteiger partial charge < -0.3 is 10.2 Å². The van der Waals surface area contributed by atoms with E-state index in [-0.39, 0.29) is 0 Å². The molecule has 0 spiro atoms. The first kappa shape index (κ1) is 13.4. The Morgan fingerprint density at radius 2 is 2.00 bits per heavy atom. The predicted molar refractivity (Wildman–Crippen MR) is 78.2 cm³/mol. The van der Waals surface area contributed by atoms with Crippen LogP contribution in [0.2, 0.25) is 0 Å². The lowest BCUT2D eigenvalue weighted by Crippen LogP contribution is -2.47. The molecule has 1 saturated heterocycles. The molecule has 1 aromatic rings. The molecule has 0 saturated carbocycles. The maximum absolute atomic E-state index is 3.32. The number of hydrogen-bond donors (Lipinski definition) is 1. The SMILES string of the molecule is CNCC1CN(c2ccccc2)CCC(C)N1C. The summed E-state index contributed by atoms with van der Waals surface area (Å²) >= 11 is 0. The van der Waals surface area contributed by atoms with Gasteiger partial charge in [0.15, 0.2) is 0 Å². The van der Waals surface area contributed by atoms with E-state index in [1.165, 1.54) is 12.1 Å². The van der Waals surface area contributed by atoms with E-state index in [4.69, 9.17) is 0 Å². The highest BCUT2D eigenvalue weighted by Crippen LogP contribution is 2.20. The predicted octanol–water partition coefficient (Wildman–Crippen LogP) is 1.80. The average Bonchev–Trinajstić information content (AvgIpc) is 2.54. The fourth-order valence-corrected chi connectivity index (χ4v) is 2.70. The van der Waals surface area contributed by atoms with Crippen LogP contribution in [-0.2, 0) is 0 Å². The van der Waals surface area contributed by atoms with E-state index >= 15 is 0 Å². The van der Waals surface area contributed by atoms with Gasteiger partial charge in [0.2, 0.25) is 0 Å². The minimum absolute atomic E-state index is 0.577. The zero-order chi connectivity index (χ0) is 13.0. The molecule has 1 aliphatic rings. The maximum atomic E-state index is 3.32. The van der Waals surface area contributed by atoms with Crippen molar-refractivity contribution in [1.29, 1.82) is 0 Å². The molecule has 0 bridgehead atoms. The Balaban J connectivity index is 2.13. The lowest BCUT2D eigenvalue weighted by Gasteiger charge is -2.32. The molecule has 1 aromatic carbocycles. The van der Waals surface area contributed by atoms with Crippen molar-refractivity contribution in [3.05, 3.63) is 30.3 Å². The van der Waals surface area contributed by atoms with Crippen molar-refractivity contribution in [2.45, 2.75) is 25.4 Å². The van der Waals surface area contributed by atoms with Crippen LogP contribution >= 0.6 is 0 Å². The number of nitrogens with one attached hydrogen (secondary N) is 1. The van der Waals surface area contributed by atoms with Crippen molar-refractivity contribution < 1.29 is 0 Å². The molecule has 3 heteroatoms. The van der Waals surface area contributed by atoms with Crippen molar-refractivity contribution in [1.82, 2.24) is 10.2 Å². The maximum Gasteiger partial charge on any atom is 0.0395 e. The van der Waals surface area contributed by atoms with Crippen LogP contribution in [0.5, 0.6) is 0 Å². The van der Waals surface area contributed by atoms with Crippen LogP contribution in [0, 0.1) is 0 Å². The van der Waals surface area contributed by atoms with Gasteiger partial charge >= 0.3 is 0 Å². The number of anilines is 1. The summed E-state index contributed by atoms with van der Waals surface area (Å²) < 4.78 is 0. The quantitative estimate of drug-likeness (QED) is 0.879. The van der Waals surface area contributed by atoms with Crippen LogP contribution < -0.4 is 10.2 Å². The van der Waals surface area contributed by atoms with Crippen LogP contribution in [0.1, 0.15) is 13.3 Å². The number of para-hydroxylation sites is 1. The Bertz CT molecular complexity index is 352. The Morgan fingerprint density at radius 3 is 2.67 bits per heavy atom. The smallest absolute Gasteiger partial charge is 0.0395 e. The van der Waals surface area contributed by atoms with E-state index in [2.05, 4.69) is 59.4 Å². The summed E-state index contributed by atoms with van der Waals surface area (Å²) in [5.41, 5.74) is 1.35. The minimum Gasteiger partial charge on any atom is -0.370 e. The van der Waals surface area contributed by atoms with Gasteiger partial charge in [0.25, 0.3) is 0 Å². The second kappa shape index (κ2) is 6.21. The lowest BCUT2D eigenvalue weighted by atomic mass is 10.2. The molecule has 1 aliphatic heterocycles. The lowest BCUT2D eigenvalue weighted by molar-refractivity contribution is 0.195. The summed E-state index contributed by atoms with van der Waals surface area (Å²) in [6, 6.07) is 12.0. The molecule has 1 N–H and O–H groups in total. The summed E-state index contributed by atoms with van der Waals surface area (Å²) in [6.45, 7) is 5.63. The molecular weight excluding hydrogens is 222 g/mol. The van der Waals surface area contributed by atoms with Gasteiger partial charge in [-0.2, -0.15) is 0 Å². The van der Waals surface area contributed by atoms with Gasteiger partial charge in [0, 0.05) is 37.4 Å². The average molecular weight is 247 g/mol. The molecule has 0 radical (unpaired) electrons. The molecule has 0 aromatic heterocycles. The van der Waals surface area contributed by atoms with Crippen LogP contribution in [0.3, 0.4) is 0 Å². The summed E-state index contributed by atoms with van der Waals surface area (Å²) in [7, 11) is 4.29. The second-order valence-corrected chi connectivity index (χ2v) is 5.30. The van der Waals surface area contributed by atoms with Crippen LogP contribution in [0.25, 0.3) is 0 Å². The molecule has 3 nitrogen and oxygen atoms in total. The summed E-state index contributed by atoms with van der Waals surface area (Å²) in [5, 5.41) is 3.32. The van der Waals surface area contributed by atoms with Gasteiger partial charge in [-0.1, -0.05) is 18.2 Å². The first-order valence-corrected chi connectivity index (χ1v) is 6.89. The van der Waals surface area contributed by atoms with Crippen LogP contribution in [0.4, 0.5) is 5.69 Å². The van der Waals surface area contributed by atoms with Gasteiger partial charge in [-0.3, -0.25) is 4.90 Å². The highest BCUT2D eigenvalue weighted by molar-refractivity contribution is 5.46. The zero-order valence-corrected chi connectivity index (χ0v) is 11.8. The summed E-state index contributed by atoms with van der Waals surface area (Å²) in [5.74, 6) is 0. The molecule has 18 heavy (non-hydrogen) atoms. The van der Waals surface area contributed by atoms with Crippen molar-refractivity contribution in [3.8, 4) is 0 Å². The molecule has 2 atom stereocenters. The summed E-state index contributed by atoms with van der Waals surface area (Å²) in [4.78, 5) is 5.03. The molecule has 100 valence electrons. The molecule has 0 aliphatic carbocycles. The second-order valence-electron chi connectivity index (χ2n) is 5.30. The topological polar surface area (TPSA) is 18.5 Å². The third-order valence-electron chi connectivity index (χ3n) is 4.08. The molecule has 1 heterocycles. The molecule has 2 unspecified atom stereocenters. The van der Waals surface area contributed by atoms with Crippen molar-refractivity contribution in [2.75, 3.05) is 38.6 Å². The van der Waals surface area contributed by atoms with Crippen molar-refractivity contribution in [2.24, 2.45) is 0 Å². The standard InChI is InChI=1S/C15H25N3/c1-13-9-10-18(14-7-5-4-6-8-14)12-15(11-16-2)17(13)3/h4-8,13,15-16H,9-12H2,1-3H3. The highest BCUT2D eigenvalue weighted by atomic mass is 15.3. The third kappa shape index (κ3) is 3.03. The van der Waals surface area contributed by atoms with E-state index in [0.717, 1.165) is 19.6 Å². The van der Waals surface area contributed by atoms with Gasteiger partial charge in [0.05, 0.1) is 0 Å². The Hall–Kier alpha value is -1.06. The van der Waals surface area contributed by atoms with Gasteiger partial charge in [0.1, 0.15) is 0 Å². The van der Waals surface area contributed by atoms with Crippen molar-refractivity contribution in [3.63, 3.8) is 0 Å². The number of hydrogen-bond acceptors (Lipinski definition) is 3. The summed E-state index contributed by atoms with van der Waals surface area (Å²) in [6.07, 6.45) is 1.23. The first-order chi connectivity index (χ1) is 8.72. The van der Waals surface area contributed by atoms with E-state index < -0.39 is 0 Å².